The predicted molar refractivity (Wildman–Crippen MR) is 93.7 cm³/mol. The summed E-state index contributed by atoms with van der Waals surface area (Å²) >= 11 is 0. The summed E-state index contributed by atoms with van der Waals surface area (Å²) in [6, 6.07) is 10.0. The van der Waals surface area contributed by atoms with Crippen LogP contribution >= 0.6 is 0 Å². The average molecular weight is 326 g/mol. The molecule has 128 valence electrons. The monoisotopic (exact) mass is 326 g/mol. The normalized spacial score (nSPS) is 17.4. The van der Waals surface area contributed by atoms with Gasteiger partial charge in [-0.05, 0) is 29.7 Å². The van der Waals surface area contributed by atoms with Crippen LogP contribution in [0.3, 0.4) is 0 Å². The van der Waals surface area contributed by atoms with Gasteiger partial charge in [0.25, 0.3) is 5.91 Å². The van der Waals surface area contributed by atoms with Gasteiger partial charge in [-0.25, -0.2) is 0 Å². The third-order valence-electron chi connectivity index (χ3n) is 5.08. The molecule has 0 saturated carbocycles. The fourth-order valence-electron chi connectivity index (χ4n) is 3.42. The number of benzene rings is 1. The molecule has 2 aromatic rings. The van der Waals surface area contributed by atoms with Gasteiger partial charge in [-0.2, -0.15) is 0 Å². The maximum atomic E-state index is 12.8. The summed E-state index contributed by atoms with van der Waals surface area (Å²) in [5.74, 6) is 1.39. The molecular weight excluding hydrogens is 300 g/mol. The van der Waals surface area contributed by atoms with Crippen molar-refractivity contribution in [3.63, 3.8) is 0 Å². The van der Waals surface area contributed by atoms with Crippen LogP contribution in [0.25, 0.3) is 0 Å². The molecule has 4 heteroatoms. The Balaban J connectivity index is 1.78. The quantitative estimate of drug-likeness (QED) is 0.853. The fraction of sp³-hybridized carbons (Fsp3) is 0.500. The molecule has 0 saturated heterocycles. The summed E-state index contributed by atoms with van der Waals surface area (Å²) in [7, 11) is 1.82. The average Bonchev–Trinajstić information content (AvgIpc) is 2.97. The van der Waals surface area contributed by atoms with E-state index < -0.39 is 0 Å². The second-order valence-corrected chi connectivity index (χ2v) is 7.89. The van der Waals surface area contributed by atoms with Crippen LogP contribution in [-0.2, 0) is 19.4 Å². The van der Waals surface area contributed by atoms with Crippen molar-refractivity contribution in [2.24, 2.45) is 11.3 Å². The second-order valence-electron chi connectivity index (χ2n) is 7.89. The van der Waals surface area contributed by atoms with Crippen LogP contribution in [0.4, 0.5) is 0 Å². The predicted octanol–water partition coefficient (Wildman–Crippen LogP) is 4.10. The van der Waals surface area contributed by atoms with Gasteiger partial charge in [-0.3, -0.25) is 4.79 Å². The molecule has 1 aromatic heterocycles. The summed E-state index contributed by atoms with van der Waals surface area (Å²) in [6.07, 6.45) is 2.85. The minimum atomic E-state index is -0.0570. The molecule has 3 rings (SSSR count). The molecule has 1 aromatic carbocycles. The van der Waals surface area contributed by atoms with E-state index in [0.29, 0.717) is 18.2 Å². The first kappa shape index (κ1) is 16.7. The highest BCUT2D eigenvalue weighted by Gasteiger charge is 2.34. The lowest BCUT2D eigenvalue weighted by atomic mass is 9.71. The molecule has 1 aliphatic rings. The van der Waals surface area contributed by atoms with Gasteiger partial charge in [0, 0.05) is 25.6 Å². The first-order chi connectivity index (χ1) is 11.4. The number of rotatable bonds is 3. The Morgan fingerprint density at radius 3 is 2.67 bits per heavy atom. The van der Waals surface area contributed by atoms with Gasteiger partial charge in [0.1, 0.15) is 5.76 Å². The summed E-state index contributed by atoms with van der Waals surface area (Å²) in [6.45, 7) is 7.36. The maximum absolute atomic E-state index is 12.8. The molecule has 0 N–H and O–H groups in total. The number of hydrogen-bond donors (Lipinski definition) is 0. The molecule has 4 nitrogen and oxygen atoms in total. The van der Waals surface area contributed by atoms with E-state index >= 15 is 0 Å². The molecule has 1 aliphatic carbocycles. The Morgan fingerprint density at radius 2 is 2.00 bits per heavy atom. The van der Waals surface area contributed by atoms with Crippen LogP contribution < -0.4 is 0 Å². The Hall–Kier alpha value is -2.10. The number of hydrogen-bond acceptors (Lipinski definition) is 3. The van der Waals surface area contributed by atoms with Crippen LogP contribution in [-0.4, -0.2) is 23.0 Å². The van der Waals surface area contributed by atoms with Crippen LogP contribution in [0.5, 0.6) is 0 Å². The van der Waals surface area contributed by atoms with Crippen LogP contribution in [0.15, 0.2) is 34.9 Å². The molecule has 0 radical (unpaired) electrons. The van der Waals surface area contributed by atoms with Gasteiger partial charge in [0.2, 0.25) is 0 Å². The zero-order valence-electron chi connectivity index (χ0n) is 15.0. The molecular formula is C20H26N2O2. The third kappa shape index (κ3) is 3.37. The lowest BCUT2D eigenvalue weighted by molar-refractivity contribution is 0.0773. The van der Waals surface area contributed by atoms with Crippen molar-refractivity contribution in [1.82, 2.24) is 10.1 Å². The van der Waals surface area contributed by atoms with Crippen molar-refractivity contribution in [2.75, 3.05) is 7.05 Å². The highest BCUT2D eigenvalue weighted by atomic mass is 16.5. The van der Waals surface area contributed by atoms with Gasteiger partial charge >= 0.3 is 0 Å². The fourth-order valence-corrected chi connectivity index (χ4v) is 3.42. The van der Waals surface area contributed by atoms with Gasteiger partial charge in [-0.15, -0.1) is 0 Å². The largest absolute Gasteiger partial charge is 0.360 e. The van der Waals surface area contributed by atoms with Crippen molar-refractivity contribution in [3.8, 4) is 0 Å². The molecule has 0 unspecified atom stereocenters. The lowest BCUT2D eigenvalue weighted by Crippen LogP contribution is -2.30. The zero-order valence-corrected chi connectivity index (χ0v) is 15.0. The number of carbonyl (C=O) groups is 1. The zero-order chi connectivity index (χ0) is 17.3. The highest BCUT2D eigenvalue weighted by molar-refractivity contribution is 5.93. The van der Waals surface area contributed by atoms with E-state index in [1.807, 2.05) is 37.4 Å². The summed E-state index contributed by atoms with van der Waals surface area (Å²) in [5.41, 5.74) is 2.85. The second kappa shape index (κ2) is 6.42. The first-order valence-electron chi connectivity index (χ1n) is 8.63. The minimum Gasteiger partial charge on any atom is -0.360 e. The molecule has 24 heavy (non-hydrogen) atoms. The van der Waals surface area contributed by atoms with Crippen LogP contribution in [0.1, 0.15) is 54.6 Å². The first-order valence-corrected chi connectivity index (χ1v) is 8.63. The van der Waals surface area contributed by atoms with Gasteiger partial charge in [0.15, 0.2) is 5.69 Å². The van der Waals surface area contributed by atoms with Crippen molar-refractivity contribution >= 4 is 5.91 Å². The van der Waals surface area contributed by atoms with Crippen molar-refractivity contribution < 1.29 is 9.32 Å². The van der Waals surface area contributed by atoms with Crippen molar-refractivity contribution in [2.45, 2.75) is 46.6 Å². The summed E-state index contributed by atoms with van der Waals surface area (Å²) in [5, 5.41) is 4.11. The van der Waals surface area contributed by atoms with Crippen LogP contribution in [0, 0.1) is 11.3 Å². The molecule has 0 aliphatic heterocycles. The van der Waals surface area contributed by atoms with E-state index in [-0.39, 0.29) is 11.3 Å². The number of nitrogens with zero attached hydrogens (tertiary/aromatic N) is 2. The van der Waals surface area contributed by atoms with E-state index in [0.717, 1.165) is 36.1 Å². The standard InChI is InChI=1S/C20H26N2O2/c1-20(2,3)15-10-11-17-16(12-15)18(21-24-17)19(23)22(4)13-14-8-6-5-7-9-14/h5-9,15H,10-13H2,1-4H3/t15-/m0/s1. The van der Waals surface area contributed by atoms with Crippen LogP contribution in [0.2, 0.25) is 0 Å². The molecule has 1 amide bonds. The third-order valence-corrected chi connectivity index (χ3v) is 5.08. The number of amides is 1. The topological polar surface area (TPSA) is 46.3 Å². The van der Waals surface area contributed by atoms with E-state index in [9.17, 15) is 4.79 Å². The van der Waals surface area contributed by atoms with E-state index in [1.54, 1.807) is 4.90 Å². The van der Waals surface area contributed by atoms with Crippen molar-refractivity contribution in [3.05, 3.63) is 52.9 Å². The molecule has 1 heterocycles. The summed E-state index contributed by atoms with van der Waals surface area (Å²) < 4.78 is 5.47. The van der Waals surface area contributed by atoms with E-state index in [1.165, 1.54) is 0 Å². The molecule has 0 bridgehead atoms. The van der Waals surface area contributed by atoms with E-state index in [2.05, 4.69) is 25.9 Å². The Morgan fingerprint density at radius 1 is 1.29 bits per heavy atom. The van der Waals surface area contributed by atoms with Gasteiger partial charge in [-0.1, -0.05) is 56.3 Å². The van der Waals surface area contributed by atoms with E-state index in [4.69, 9.17) is 4.52 Å². The number of fused-ring (bicyclic) bond motifs is 1. The SMILES string of the molecule is CN(Cc1ccccc1)C(=O)c1noc2c1C[C@@H](C(C)(C)C)CC2. The minimum absolute atomic E-state index is 0.0570. The number of carbonyl (C=O) groups excluding carboxylic acids is 1. The van der Waals surface area contributed by atoms with Gasteiger partial charge < -0.3 is 9.42 Å². The Labute approximate surface area is 143 Å². The lowest BCUT2D eigenvalue weighted by Gasteiger charge is -2.33. The molecule has 1 atom stereocenters. The summed E-state index contributed by atoms with van der Waals surface area (Å²) in [4.78, 5) is 14.6. The number of aromatic nitrogens is 1. The number of aryl methyl sites for hydroxylation is 1. The molecule has 0 fully saturated rings. The Bertz CT molecular complexity index is 713. The van der Waals surface area contributed by atoms with Gasteiger partial charge in [0.05, 0.1) is 0 Å². The smallest absolute Gasteiger partial charge is 0.276 e. The van der Waals surface area contributed by atoms with Crippen molar-refractivity contribution in [1.29, 1.82) is 0 Å². The maximum Gasteiger partial charge on any atom is 0.276 e. The highest BCUT2D eigenvalue weighted by Crippen LogP contribution is 2.38. The Kier molecular flexibility index (Phi) is 4.48. The molecule has 0 spiro atoms.